The number of aromatic nitrogens is 2. The van der Waals surface area contributed by atoms with Crippen molar-refractivity contribution in [1.82, 2.24) is 14.9 Å². The number of rotatable bonds is 13. The SMILES string of the molecule is CCC(C)N(C)C(CC)COC(=O)C(COC(=O)C(N)Cc1cnc[nH]1)c1ccccc1. The van der Waals surface area contributed by atoms with E-state index in [1.54, 1.807) is 6.20 Å². The van der Waals surface area contributed by atoms with Crippen molar-refractivity contribution in [3.8, 4) is 0 Å². The normalized spacial score (nSPS) is 15.1. The molecule has 3 N–H and O–H groups in total. The van der Waals surface area contributed by atoms with Crippen LogP contribution in [-0.4, -0.2) is 65.2 Å². The van der Waals surface area contributed by atoms with Gasteiger partial charge in [-0.15, -0.1) is 0 Å². The van der Waals surface area contributed by atoms with Crippen LogP contribution in [-0.2, 0) is 25.5 Å². The smallest absolute Gasteiger partial charge is 0.323 e. The minimum Gasteiger partial charge on any atom is -0.463 e. The van der Waals surface area contributed by atoms with Gasteiger partial charge in [0.25, 0.3) is 0 Å². The first-order valence-corrected chi connectivity index (χ1v) is 11.2. The molecule has 1 heterocycles. The number of hydrogen-bond donors (Lipinski definition) is 2. The number of benzene rings is 1. The van der Waals surface area contributed by atoms with Gasteiger partial charge in [-0.05, 0) is 32.4 Å². The summed E-state index contributed by atoms with van der Waals surface area (Å²) >= 11 is 0. The van der Waals surface area contributed by atoms with Crippen LogP contribution in [0.5, 0.6) is 0 Å². The molecule has 0 spiro atoms. The van der Waals surface area contributed by atoms with E-state index in [0.29, 0.717) is 6.04 Å². The molecule has 0 bridgehead atoms. The first-order chi connectivity index (χ1) is 15.4. The Balaban J connectivity index is 2.00. The van der Waals surface area contributed by atoms with E-state index in [-0.39, 0.29) is 25.7 Å². The number of nitrogens with two attached hydrogens (primary N) is 1. The molecule has 0 aliphatic rings. The van der Waals surface area contributed by atoms with Crippen molar-refractivity contribution >= 4 is 11.9 Å². The number of aromatic amines is 1. The molecule has 0 aliphatic heterocycles. The van der Waals surface area contributed by atoms with Gasteiger partial charge in [-0.1, -0.05) is 44.2 Å². The van der Waals surface area contributed by atoms with Crippen molar-refractivity contribution in [3.05, 3.63) is 54.1 Å². The molecule has 0 saturated heterocycles. The molecule has 1 aromatic heterocycles. The first kappa shape index (κ1) is 25.5. The van der Waals surface area contributed by atoms with Gasteiger partial charge in [0.2, 0.25) is 0 Å². The number of nitrogens with zero attached hydrogens (tertiary/aromatic N) is 2. The van der Waals surface area contributed by atoms with Gasteiger partial charge in [-0.3, -0.25) is 14.5 Å². The molecular formula is C24H36N4O4. The van der Waals surface area contributed by atoms with Crippen molar-refractivity contribution in [3.63, 3.8) is 0 Å². The zero-order valence-electron chi connectivity index (χ0n) is 19.5. The lowest BCUT2D eigenvalue weighted by Crippen LogP contribution is -2.41. The third-order valence-corrected chi connectivity index (χ3v) is 5.93. The van der Waals surface area contributed by atoms with E-state index in [2.05, 4.69) is 35.6 Å². The van der Waals surface area contributed by atoms with E-state index in [1.807, 2.05) is 37.4 Å². The van der Waals surface area contributed by atoms with Crippen LogP contribution in [0.4, 0.5) is 0 Å². The zero-order valence-corrected chi connectivity index (χ0v) is 19.5. The summed E-state index contributed by atoms with van der Waals surface area (Å²) in [6, 6.07) is 8.86. The molecule has 32 heavy (non-hydrogen) atoms. The number of carbonyl (C=O) groups is 2. The maximum absolute atomic E-state index is 13.0. The van der Waals surface area contributed by atoms with E-state index in [4.69, 9.17) is 15.2 Å². The van der Waals surface area contributed by atoms with Crippen molar-refractivity contribution in [2.24, 2.45) is 5.73 Å². The molecule has 8 nitrogen and oxygen atoms in total. The summed E-state index contributed by atoms with van der Waals surface area (Å²) in [4.78, 5) is 34.4. The molecule has 8 heteroatoms. The average Bonchev–Trinajstić information content (AvgIpc) is 3.32. The van der Waals surface area contributed by atoms with Crippen molar-refractivity contribution < 1.29 is 19.1 Å². The Hall–Kier alpha value is -2.71. The lowest BCUT2D eigenvalue weighted by Gasteiger charge is -2.32. The topological polar surface area (TPSA) is 111 Å². The van der Waals surface area contributed by atoms with Gasteiger partial charge in [0.05, 0.1) is 6.33 Å². The summed E-state index contributed by atoms with van der Waals surface area (Å²) in [5.41, 5.74) is 7.43. The highest BCUT2D eigenvalue weighted by molar-refractivity contribution is 5.80. The third-order valence-electron chi connectivity index (χ3n) is 5.93. The van der Waals surface area contributed by atoms with Crippen LogP contribution in [0.15, 0.2) is 42.9 Å². The number of imidazole rings is 1. The van der Waals surface area contributed by atoms with E-state index in [9.17, 15) is 9.59 Å². The van der Waals surface area contributed by atoms with Crippen LogP contribution in [0.2, 0.25) is 0 Å². The highest BCUT2D eigenvalue weighted by Crippen LogP contribution is 2.19. The predicted molar refractivity (Wildman–Crippen MR) is 123 cm³/mol. The molecule has 2 aromatic rings. The molecule has 0 radical (unpaired) electrons. The van der Waals surface area contributed by atoms with Gasteiger partial charge in [0.15, 0.2) is 0 Å². The van der Waals surface area contributed by atoms with Crippen LogP contribution in [0, 0.1) is 0 Å². The minimum atomic E-state index is -0.850. The van der Waals surface area contributed by atoms with Crippen LogP contribution < -0.4 is 5.73 Å². The molecule has 1 aromatic carbocycles. The molecule has 0 aliphatic carbocycles. The fourth-order valence-corrected chi connectivity index (χ4v) is 3.42. The van der Waals surface area contributed by atoms with Crippen molar-refractivity contribution in [1.29, 1.82) is 0 Å². The fraction of sp³-hybridized carbons (Fsp3) is 0.542. The quantitative estimate of drug-likeness (QED) is 0.457. The number of esters is 2. The van der Waals surface area contributed by atoms with Gasteiger partial charge in [0, 0.05) is 30.4 Å². The summed E-state index contributed by atoms with van der Waals surface area (Å²) in [5.74, 6) is -1.70. The number of ether oxygens (including phenoxy) is 2. The van der Waals surface area contributed by atoms with E-state index in [0.717, 1.165) is 24.1 Å². The van der Waals surface area contributed by atoms with Gasteiger partial charge in [-0.2, -0.15) is 0 Å². The lowest BCUT2D eigenvalue weighted by molar-refractivity contribution is -0.153. The van der Waals surface area contributed by atoms with Gasteiger partial charge < -0.3 is 20.2 Å². The number of carbonyl (C=O) groups excluding carboxylic acids is 2. The monoisotopic (exact) mass is 444 g/mol. The summed E-state index contributed by atoms with van der Waals surface area (Å²) in [6.45, 7) is 6.53. The Morgan fingerprint density at radius 1 is 1.09 bits per heavy atom. The van der Waals surface area contributed by atoms with Gasteiger partial charge >= 0.3 is 11.9 Å². The maximum Gasteiger partial charge on any atom is 0.323 e. The van der Waals surface area contributed by atoms with Crippen molar-refractivity contribution in [2.45, 2.75) is 64.1 Å². The Labute approximate surface area is 190 Å². The Kier molecular flexibility index (Phi) is 10.4. The van der Waals surface area contributed by atoms with E-state index in [1.165, 1.54) is 6.33 Å². The Bertz CT molecular complexity index is 813. The molecule has 0 amide bonds. The zero-order chi connectivity index (χ0) is 23.5. The predicted octanol–water partition coefficient (Wildman–Crippen LogP) is 2.66. The fourth-order valence-electron chi connectivity index (χ4n) is 3.42. The molecule has 0 fully saturated rings. The summed E-state index contributed by atoms with van der Waals surface area (Å²) in [5, 5.41) is 0. The Morgan fingerprint density at radius 3 is 2.38 bits per heavy atom. The van der Waals surface area contributed by atoms with Crippen LogP contribution in [0.1, 0.15) is 50.8 Å². The van der Waals surface area contributed by atoms with Gasteiger partial charge in [0.1, 0.15) is 25.2 Å². The summed E-state index contributed by atoms with van der Waals surface area (Å²) < 4.78 is 11.1. The van der Waals surface area contributed by atoms with Gasteiger partial charge in [-0.25, -0.2) is 4.98 Å². The Morgan fingerprint density at radius 2 is 1.78 bits per heavy atom. The van der Waals surface area contributed by atoms with Crippen molar-refractivity contribution in [2.75, 3.05) is 20.3 Å². The molecule has 176 valence electrons. The van der Waals surface area contributed by atoms with E-state index < -0.39 is 23.9 Å². The molecule has 4 atom stereocenters. The van der Waals surface area contributed by atoms with Crippen LogP contribution in [0.25, 0.3) is 0 Å². The highest BCUT2D eigenvalue weighted by Gasteiger charge is 2.27. The third kappa shape index (κ3) is 7.46. The second-order valence-corrected chi connectivity index (χ2v) is 8.10. The second-order valence-electron chi connectivity index (χ2n) is 8.10. The number of H-pyrrole nitrogens is 1. The molecular weight excluding hydrogens is 408 g/mol. The maximum atomic E-state index is 13.0. The number of nitrogens with one attached hydrogen (secondary N) is 1. The summed E-state index contributed by atoms with van der Waals surface area (Å²) in [7, 11) is 2.05. The largest absolute Gasteiger partial charge is 0.463 e. The number of hydrogen-bond acceptors (Lipinski definition) is 7. The highest BCUT2D eigenvalue weighted by atomic mass is 16.6. The van der Waals surface area contributed by atoms with Crippen LogP contribution in [0.3, 0.4) is 0 Å². The van der Waals surface area contributed by atoms with Crippen LogP contribution >= 0.6 is 0 Å². The first-order valence-electron chi connectivity index (χ1n) is 11.2. The molecule has 4 unspecified atom stereocenters. The number of likely N-dealkylation sites (N-methyl/N-ethyl adjacent to an activating group) is 1. The molecule has 0 saturated carbocycles. The molecule has 2 rings (SSSR count). The minimum absolute atomic E-state index is 0.121. The van der Waals surface area contributed by atoms with E-state index >= 15 is 0 Å². The lowest BCUT2D eigenvalue weighted by atomic mass is 10.00. The standard InChI is InChI=1S/C24H36N4O4/c1-5-17(3)28(4)20(6-2)14-31-23(29)21(18-10-8-7-9-11-18)15-32-24(30)22(25)12-19-13-26-16-27-19/h7-11,13,16-17,20-22H,5-6,12,14-15,25H2,1-4H3,(H,26,27). The summed E-state index contributed by atoms with van der Waals surface area (Å²) in [6.07, 6.45) is 5.29. The average molecular weight is 445 g/mol. The second kappa shape index (κ2) is 13.0.